The van der Waals surface area contributed by atoms with Gasteiger partial charge in [0.1, 0.15) is 12.4 Å². The van der Waals surface area contributed by atoms with Crippen LogP contribution in [0.25, 0.3) is 0 Å². The first-order valence-electron chi connectivity index (χ1n) is 8.29. The summed E-state index contributed by atoms with van der Waals surface area (Å²) >= 11 is 0. The molecule has 0 radical (unpaired) electrons. The highest BCUT2D eigenvalue weighted by molar-refractivity contribution is 5.79. The van der Waals surface area contributed by atoms with Gasteiger partial charge in [0.15, 0.2) is 17.5 Å². The number of para-hydroxylation sites is 2. The van der Waals surface area contributed by atoms with E-state index in [1.807, 2.05) is 49.4 Å². The normalized spacial score (nSPS) is 11.0. The van der Waals surface area contributed by atoms with Gasteiger partial charge in [0.2, 0.25) is 0 Å². The van der Waals surface area contributed by atoms with Crippen molar-refractivity contribution in [3.8, 4) is 17.2 Å². The molecule has 2 aromatic rings. The zero-order valence-corrected chi connectivity index (χ0v) is 14.7. The molecular formula is C19H25N3O3. The van der Waals surface area contributed by atoms with Crippen LogP contribution in [-0.4, -0.2) is 37.9 Å². The van der Waals surface area contributed by atoms with E-state index in [1.54, 1.807) is 6.07 Å². The van der Waals surface area contributed by atoms with Crippen LogP contribution in [0.15, 0.2) is 53.5 Å². The Morgan fingerprint density at radius 3 is 2.60 bits per heavy atom. The number of ether oxygens (including phenoxy) is 2. The summed E-state index contributed by atoms with van der Waals surface area (Å²) in [6, 6.07) is 15.0. The molecule has 0 atom stereocenters. The quantitative estimate of drug-likeness (QED) is 0.390. The van der Waals surface area contributed by atoms with Gasteiger partial charge >= 0.3 is 0 Å². The summed E-state index contributed by atoms with van der Waals surface area (Å²) < 4.78 is 10.8. The topological polar surface area (TPSA) is 75.1 Å². The molecule has 2 rings (SSSR count). The number of phenolic OH excluding ortho intramolecular Hbond substituents is 1. The van der Waals surface area contributed by atoms with Crippen molar-refractivity contribution in [3.63, 3.8) is 0 Å². The van der Waals surface area contributed by atoms with Crippen molar-refractivity contribution in [2.24, 2.45) is 4.99 Å². The van der Waals surface area contributed by atoms with E-state index in [4.69, 9.17) is 9.47 Å². The molecule has 0 bridgehead atoms. The van der Waals surface area contributed by atoms with Crippen LogP contribution in [0.3, 0.4) is 0 Å². The summed E-state index contributed by atoms with van der Waals surface area (Å²) in [6.07, 6.45) is 0. The van der Waals surface area contributed by atoms with Crippen LogP contribution in [0.4, 0.5) is 0 Å². The van der Waals surface area contributed by atoms with Crippen LogP contribution in [0.2, 0.25) is 0 Å². The van der Waals surface area contributed by atoms with Gasteiger partial charge in [0, 0.05) is 12.1 Å². The highest BCUT2D eigenvalue weighted by Crippen LogP contribution is 2.29. The second kappa shape index (κ2) is 10.1. The Labute approximate surface area is 148 Å². The number of rotatable bonds is 8. The number of phenols is 1. The van der Waals surface area contributed by atoms with E-state index in [2.05, 4.69) is 15.6 Å². The Hall–Kier alpha value is -2.89. The van der Waals surface area contributed by atoms with Gasteiger partial charge in [-0.05, 0) is 25.1 Å². The first kappa shape index (κ1) is 18.4. The Kier molecular flexibility index (Phi) is 7.43. The maximum absolute atomic E-state index is 10.1. The van der Waals surface area contributed by atoms with Crippen LogP contribution in [0.1, 0.15) is 12.5 Å². The smallest absolute Gasteiger partial charge is 0.191 e. The lowest BCUT2D eigenvalue weighted by atomic mass is 10.2. The molecular weight excluding hydrogens is 318 g/mol. The first-order valence-corrected chi connectivity index (χ1v) is 8.29. The molecule has 0 aliphatic heterocycles. The largest absolute Gasteiger partial charge is 0.504 e. The molecule has 0 saturated carbocycles. The fourth-order valence-corrected chi connectivity index (χ4v) is 2.22. The van der Waals surface area contributed by atoms with E-state index < -0.39 is 0 Å². The van der Waals surface area contributed by atoms with E-state index in [0.29, 0.717) is 37.0 Å². The average molecular weight is 343 g/mol. The third kappa shape index (κ3) is 5.91. The van der Waals surface area contributed by atoms with Gasteiger partial charge in [-0.3, -0.25) is 0 Å². The second-order valence-electron chi connectivity index (χ2n) is 5.25. The minimum atomic E-state index is 0.122. The molecule has 0 heterocycles. The number of methoxy groups -OCH3 is 1. The Balaban J connectivity index is 1.87. The first-order chi connectivity index (χ1) is 12.2. The highest BCUT2D eigenvalue weighted by Gasteiger charge is 2.07. The molecule has 25 heavy (non-hydrogen) atoms. The van der Waals surface area contributed by atoms with Gasteiger partial charge in [0.05, 0.1) is 20.2 Å². The molecule has 134 valence electrons. The summed E-state index contributed by atoms with van der Waals surface area (Å²) in [7, 11) is 1.53. The molecule has 0 unspecified atom stereocenters. The summed E-state index contributed by atoms with van der Waals surface area (Å²) in [5, 5.41) is 16.5. The third-order valence-electron chi connectivity index (χ3n) is 3.46. The maximum atomic E-state index is 10.1. The van der Waals surface area contributed by atoms with Gasteiger partial charge in [-0.2, -0.15) is 0 Å². The predicted octanol–water partition coefficient (Wildman–Crippen LogP) is 2.53. The molecule has 6 nitrogen and oxygen atoms in total. The van der Waals surface area contributed by atoms with E-state index in [9.17, 15) is 5.11 Å². The van der Waals surface area contributed by atoms with Crippen molar-refractivity contribution in [3.05, 3.63) is 54.1 Å². The number of nitrogens with zero attached hydrogens (tertiary/aromatic N) is 1. The van der Waals surface area contributed by atoms with E-state index in [-0.39, 0.29) is 5.75 Å². The van der Waals surface area contributed by atoms with Gasteiger partial charge in [-0.25, -0.2) is 4.99 Å². The van der Waals surface area contributed by atoms with Crippen LogP contribution in [0, 0.1) is 0 Å². The van der Waals surface area contributed by atoms with Gasteiger partial charge in [0.25, 0.3) is 0 Å². The van der Waals surface area contributed by atoms with Crippen molar-refractivity contribution in [1.82, 2.24) is 10.6 Å². The average Bonchev–Trinajstić information content (AvgIpc) is 2.65. The van der Waals surface area contributed by atoms with Crippen molar-refractivity contribution in [2.75, 3.05) is 26.8 Å². The number of aliphatic imine (C=N–C) groups is 1. The van der Waals surface area contributed by atoms with Crippen molar-refractivity contribution < 1.29 is 14.6 Å². The lowest BCUT2D eigenvalue weighted by Gasteiger charge is -2.13. The predicted molar refractivity (Wildman–Crippen MR) is 99.4 cm³/mol. The fraction of sp³-hybridized carbons (Fsp3) is 0.316. The lowest BCUT2D eigenvalue weighted by molar-refractivity contribution is 0.322. The van der Waals surface area contributed by atoms with E-state index in [0.717, 1.165) is 12.3 Å². The van der Waals surface area contributed by atoms with E-state index in [1.165, 1.54) is 7.11 Å². The molecule has 0 aliphatic carbocycles. The lowest BCUT2D eigenvalue weighted by Crippen LogP contribution is -2.39. The minimum absolute atomic E-state index is 0.122. The summed E-state index contributed by atoms with van der Waals surface area (Å²) in [4.78, 5) is 4.49. The summed E-state index contributed by atoms with van der Waals surface area (Å²) in [5.41, 5.74) is 0.706. The molecule has 0 fully saturated rings. The van der Waals surface area contributed by atoms with Crippen molar-refractivity contribution in [1.29, 1.82) is 0 Å². The van der Waals surface area contributed by atoms with Gasteiger partial charge < -0.3 is 25.2 Å². The zero-order valence-electron chi connectivity index (χ0n) is 14.7. The van der Waals surface area contributed by atoms with Gasteiger partial charge in [-0.1, -0.05) is 30.3 Å². The van der Waals surface area contributed by atoms with Crippen LogP contribution < -0.4 is 20.1 Å². The minimum Gasteiger partial charge on any atom is -0.504 e. The second-order valence-corrected chi connectivity index (χ2v) is 5.25. The number of benzene rings is 2. The molecule has 0 aromatic heterocycles. The molecule has 2 aromatic carbocycles. The van der Waals surface area contributed by atoms with E-state index >= 15 is 0 Å². The monoisotopic (exact) mass is 343 g/mol. The van der Waals surface area contributed by atoms with Crippen LogP contribution in [-0.2, 0) is 6.54 Å². The number of aromatic hydroxyl groups is 1. The SMILES string of the molecule is CCNC(=NCc1cccc(OC)c1O)NCCOc1ccccc1. The molecule has 6 heteroatoms. The number of hydrogen-bond acceptors (Lipinski definition) is 4. The van der Waals surface area contributed by atoms with Gasteiger partial charge in [-0.15, -0.1) is 0 Å². The summed E-state index contributed by atoms with van der Waals surface area (Å²) in [5.74, 6) is 2.08. The zero-order chi connectivity index (χ0) is 17.9. The Morgan fingerprint density at radius 1 is 1.08 bits per heavy atom. The third-order valence-corrected chi connectivity index (χ3v) is 3.46. The Morgan fingerprint density at radius 2 is 1.88 bits per heavy atom. The standard InChI is InChI=1S/C19H25N3O3/c1-3-20-19(21-12-13-25-16-9-5-4-6-10-16)22-14-15-8-7-11-17(24-2)18(15)23/h4-11,23H,3,12-14H2,1-2H3,(H2,20,21,22). The van der Waals surface area contributed by atoms with Crippen LogP contribution >= 0.6 is 0 Å². The number of hydrogen-bond donors (Lipinski definition) is 3. The summed E-state index contributed by atoms with van der Waals surface area (Å²) in [6.45, 7) is 4.23. The maximum Gasteiger partial charge on any atom is 0.191 e. The molecule has 0 saturated heterocycles. The molecule has 0 spiro atoms. The molecule has 0 amide bonds. The number of nitrogens with one attached hydrogen (secondary N) is 2. The fourth-order valence-electron chi connectivity index (χ4n) is 2.22. The van der Waals surface area contributed by atoms with Crippen molar-refractivity contribution >= 4 is 5.96 Å². The molecule has 0 aliphatic rings. The Bertz CT molecular complexity index is 675. The van der Waals surface area contributed by atoms with Crippen LogP contribution in [0.5, 0.6) is 17.2 Å². The van der Waals surface area contributed by atoms with Crippen molar-refractivity contribution in [2.45, 2.75) is 13.5 Å². The highest BCUT2D eigenvalue weighted by atomic mass is 16.5. The number of guanidine groups is 1. The molecule has 3 N–H and O–H groups in total.